The van der Waals surface area contributed by atoms with Crippen molar-refractivity contribution in [3.63, 3.8) is 0 Å². The molecule has 3 aromatic heterocycles. The number of fused-ring (bicyclic) bond motifs is 10. The number of para-hydroxylation sites is 1. The first-order valence-corrected chi connectivity index (χ1v) is 17.3. The van der Waals surface area contributed by atoms with Gasteiger partial charge in [-0.05, 0) is 116 Å². The van der Waals surface area contributed by atoms with Crippen LogP contribution in [0, 0.1) is 17.2 Å². The van der Waals surface area contributed by atoms with Gasteiger partial charge < -0.3 is 13.6 Å². The molecule has 0 saturated heterocycles. The van der Waals surface area contributed by atoms with Crippen LogP contribution in [0.2, 0.25) is 0 Å². The van der Waals surface area contributed by atoms with E-state index in [0.717, 1.165) is 55.4 Å². The van der Waals surface area contributed by atoms with Gasteiger partial charge in [-0.15, -0.1) is 0 Å². The fraction of sp³-hybridized carbons (Fsp3) is 0.205. The van der Waals surface area contributed by atoms with Crippen LogP contribution in [0.5, 0.6) is 0 Å². The molecular formula is C44H35N3O. The smallest absolute Gasteiger partial charge is 0.135 e. The Morgan fingerprint density at radius 3 is 2.58 bits per heavy atom. The lowest BCUT2D eigenvalue weighted by molar-refractivity contribution is 0.584. The minimum absolute atomic E-state index is 0.0432. The molecule has 48 heavy (non-hydrogen) atoms. The highest BCUT2D eigenvalue weighted by Crippen LogP contribution is 2.45. The number of allylic oxidation sites excluding steroid dienone is 7. The van der Waals surface area contributed by atoms with E-state index < -0.39 is 0 Å². The Morgan fingerprint density at radius 2 is 1.69 bits per heavy atom. The molecule has 6 aromatic rings. The van der Waals surface area contributed by atoms with Crippen molar-refractivity contribution >= 4 is 56.6 Å². The highest BCUT2D eigenvalue weighted by atomic mass is 16.3. The van der Waals surface area contributed by atoms with Gasteiger partial charge in [0.05, 0.1) is 28.7 Å². The van der Waals surface area contributed by atoms with Gasteiger partial charge in [0.2, 0.25) is 0 Å². The lowest BCUT2D eigenvalue weighted by Crippen LogP contribution is -2.14. The highest BCUT2D eigenvalue weighted by molar-refractivity contribution is 6.12. The standard InChI is InChI=1S/C44H35N3O/c1-27-14-20-41-36(22-27)44-42(48-41)21-19-40-43(44)35-10-4-7-13-39(35)47(40)32-24-28(26-45)23-30(25-32)29-15-17-31(18-16-29)46-37-11-5-2-8-33(37)34-9-3-6-12-38(34)46/h2,4-6,8,10-12,14-21,23-24,27,32H,3,7,9,13,22,25H2,1H3/t27-,32?/m1/s1. The number of hydrogen-bond donors (Lipinski definition) is 0. The summed E-state index contributed by atoms with van der Waals surface area (Å²) in [7, 11) is 0. The van der Waals surface area contributed by atoms with Crippen molar-refractivity contribution in [2.45, 2.75) is 51.5 Å². The molecule has 2 atom stereocenters. The number of aryl methyl sites for hydroxylation is 1. The van der Waals surface area contributed by atoms with Crippen molar-refractivity contribution in [3.8, 4) is 11.8 Å². The molecule has 232 valence electrons. The number of aromatic nitrogens is 2. The average molecular weight is 622 g/mol. The van der Waals surface area contributed by atoms with Gasteiger partial charge in [0.15, 0.2) is 0 Å². The second kappa shape index (κ2) is 10.5. The quantitative estimate of drug-likeness (QED) is 0.197. The molecule has 4 heteroatoms. The van der Waals surface area contributed by atoms with Crippen LogP contribution < -0.4 is 0 Å². The maximum absolute atomic E-state index is 10.3. The predicted molar refractivity (Wildman–Crippen MR) is 197 cm³/mol. The first kappa shape index (κ1) is 27.6. The summed E-state index contributed by atoms with van der Waals surface area (Å²) in [6, 6.07) is 24.7. The Balaban J connectivity index is 1.07. The summed E-state index contributed by atoms with van der Waals surface area (Å²) < 4.78 is 11.3. The van der Waals surface area contributed by atoms with Crippen LogP contribution in [-0.4, -0.2) is 9.13 Å². The monoisotopic (exact) mass is 621 g/mol. The maximum Gasteiger partial charge on any atom is 0.135 e. The summed E-state index contributed by atoms with van der Waals surface area (Å²) in [6.45, 7) is 2.28. The first-order valence-electron chi connectivity index (χ1n) is 17.3. The molecule has 3 aromatic carbocycles. The van der Waals surface area contributed by atoms with Crippen molar-refractivity contribution in [1.82, 2.24) is 9.13 Å². The Bertz CT molecular complexity index is 2530. The molecule has 0 amide bonds. The van der Waals surface area contributed by atoms with Gasteiger partial charge in [-0.25, -0.2) is 0 Å². The molecule has 0 fully saturated rings. The molecule has 3 heterocycles. The fourth-order valence-corrected chi connectivity index (χ4v) is 8.88. The van der Waals surface area contributed by atoms with E-state index in [1.54, 1.807) is 0 Å². The van der Waals surface area contributed by atoms with Crippen LogP contribution in [0.3, 0.4) is 0 Å². The maximum atomic E-state index is 10.3. The second-order valence-electron chi connectivity index (χ2n) is 13.9. The van der Waals surface area contributed by atoms with Crippen molar-refractivity contribution in [2.24, 2.45) is 5.92 Å². The SMILES string of the molecule is C[C@@H]1C=Cc2oc3ccc4c(c5c(n4C4C=C(C#N)C=C(c6ccc(-n7c8c(c9ccccc97)CCC=C8)cc6)C4)CCC=C5)c3c2C1. The van der Waals surface area contributed by atoms with Crippen molar-refractivity contribution < 1.29 is 4.42 Å². The zero-order valence-electron chi connectivity index (χ0n) is 27.0. The lowest BCUT2D eigenvalue weighted by Gasteiger charge is -2.26. The number of benzene rings is 3. The molecule has 4 nitrogen and oxygen atoms in total. The number of hydrogen-bond acceptors (Lipinski definition) is 2. The van der Waals surface area contributed by atoms with E-state index in [1.165, 1.54) is 72.1 Å². The summed E-state index contributed by atoms with van der Waals surface area (Å²) >= 11 is 0. The largest absolute Gasteiger partial charge is 0.456 e. The second-order valence-corrected chi connectivity index (χ2v) is 13.9. The van der Waals surface area contributed by atoms with Crippen LogP contribution in [0.1, 0.15) is 71.6 Å². The van der Waals surface area contributed by atoms with Crippen molar-refractivity contribution in [3.05, 3.63) is 136 Å². The molecule has 0 aliphatic heterocycles. The Morgan fingerprint density at radius 1 is 0.833 bits per heavy atom. The Hall–Kier alpha value is -5.53. The predicted octanol–water partition coefficient (Wildman–Crippen LogP) is 10.9. The zero-order chi connectivity index (χ0) is 31.9. The molecule has 0 radical (unpaired) electrons. The van der Waals surface area contributed by atoms with E-state index in [2.05, 4.69) is 131 Å². The number of nitriles is 1. The summed E-state index contributed by atoms with van der Waals surface area (Å²) in [6.07, 6.45) is 23.9. The third kappa shape index (κ3) is 4.00. The van der Waals surface area contributed by atoms with Gasteiger partial charge in [0.1, 0.15) is 11.3 Å². The third-order valence-electron chi connectivity index (χ3n) is 11.0. The number of nitrogens with zero attached hydrogens (tertiary/aromatic N) is 3. The molecule has 0 N–H and O–H groups in total. The minimum Gasteiger partial charge on any atom is -0.456 e. The van der Waals surface area contributed by atoms with Crippen LogP contribution in [0.25, 0.3) is 62.3 Å². The van der Waals surface area contributed by atoms with Gasteiger partial charge in [-0.3, -0.25) is 0 Å². The van der Waals surface area contributed by atoms with E-state index in [4.69, 9.17) is 4.42 Å². The van der Waals surface area contributed by atoms with E-state index in [0.29, 0.717) is 5.92 Å². The summed E-state index contributed by atoms with van der Waals surface area (Å²) in [5.41, 5.74) is 14.5. The van der Waals surface area contributed by atoms with E-state index >= 15 is 0 Å². The van der Waals surface area contributed by atoms with Crippen LogP contribution in [0.15, 0.2) is 101 Å². The first-order chi connectivity index (χ1) is 23.7. The van der Waals surface area contributed by atoms with E-state index in [-0.39, 0.29) is 6.04 Å². The summed E-state index contributed by atoms with van der Waals surface area (Å²) in [5.74, 6) is 1.48. The number of rotatable bonds is 3. The summed E-state index contributed by atoms with van der Waals surface area (Å²) in [5, 5.41) is 14.2. The van der Waals surface area contributed by atoms with E-state index in [9.17, 15) is 5.26 Å². The molecule has 0 saturated carbocycles. The summed E-state index contributed by atoms with van der Waals surface area (Å²) in [4.78, 5) is 0. The van der Waals surface area contributed by atoms with Crippen LogP contribution in [0.4, 0.5) is 0 Å². The zero-order valence-corrected chi connectivity index (χ0v) is 27.0. The van der Waals surface area contributed by atoms with Gasteiger partial charge in [0.25, 0.3) is 0 Å². The van der Waals surface area contributed by atoms with Crippen LogP contribution >= 0.6 is 0 Å². The minimum atomic E-state index is 0.0432. The molecule has 10 rings (SSSR count). The Kier molecular flexibility index (Phi) is 6.02. The topological polar surface area (TPSA) is 46.8 Å². The van der Waals surface area contributed by atoms with Gasteiger partial charge in [-0.1, -0.05) is 61.6 Å². The molecule has 1 unspecified atom stereocenters. The average Bonchev–Trinajstić information content (AvgIpc) is 3.79. The van der Waals surface area contributed by atoms with Crippen LogP contribution in [-0.2, 0) is 19.3 Å². The lowest BCUT2D eigenvalue weighted by atomic mass is 9.90. The molecule has 0 spiro atoms. The van der Waals surface area contributed by atoms with E-state index in [1.807, 2.05) is 0 Å². The molecule has 0 bridgehead atoms. The van der Waals surface area contributed by atoms with Crippen molar-refractivity contribution in [2.75, 3.05) is 0 Å². The normalized spacial score (nSPS) is 19.7. The highest BCUT2D eigenvalue weighted by Gasteiger charge is 2.29. The van der Waals surface area contributed by atoms with Gasteiger partial charge >= 0.3 is 0 Å². The number of furan rings is 1. The Labute approximate surface area is 279 Å². The van der Waals surface area contributed by atoms with Crippen molar-refractivity contribution in [1.29, 1.82) is 5.26 Å². The molecule has 4 aliphatic carbocycles. The fourth-order valence-electron chi connectivity index (χ4n) is 8.88. The molecule has 4 aliphatic rings. The van der Waals surface area contributed by atoms with Gasteiger partial charge in [-0.2, -0.15) is 5.26 Å². The third-order valence-corrected chi connectivity index (χ3v) is 11.0. The molecular weight excluding hydrogens is 587 g/mol. The van der Waals surface area contributed by atoms with Gasteiger partial charge in [0, 0.05) is 44.4 Å².